The molecule has 0 bridgehead atoms. The molecular weight excluding hydrogens is 206 g/mol. The fraction of sp³-hybridized carbons (Fsp3) is 0.556. The second-order valence-electron chi connectivity index (χ2n) is 3.86. The first kappa shape index (κ1) is 11.0. The third-order valence-corrected chi connectivity index (χ3v) is 2.92. The van der Waals surface area contributed by atoms with Crippen LogP contribution in [0.2, 0.25) is 4.34 Å². The summed E-state index contributed by atoms with van der Waals surface area (Å²) in [4.78, 5) is 0. The number of hydrogen-bond donors (Lipinski definition) is 2. The summed E-state index contributed by atoms with van der Waals surface area (Å²) in [6.07, 6.45) is -0.0394. The van der Waals surface area contributed by atoms with Gasteiger partial charge in [0.25, 0.3) is 0 Å². The van der Waals surface area contributed by atoms with Gasteiger partial charge >= 0.3 is 0 Å². The van der Waals surface area contributed by atoms with Crippen LogP contribution in [-0.2, 0) is 0 Å². The summed E-state index contributed by atoms with van der Waals surface area (Å²) in [5.41, 5.74) is 6.21. The van der Waals surface area contributed by atoms with Crippen molar-refractivity contribution in [2.75, 3.05) is 0 Å². The quantitative estimate of drug-likeness (QED) is 0.821. The highest BCUT2D eigenvalue weighted by molar-refractivity contribution is 7.14. The van der Waals surface area contributed by atoms with E-state index in [-0.39, 0.29) is 5.54 Å². The summed E-state index contributed by atoms with van der Waals surface area (Å²) in [5, 5.41) is 11.6. The Labute approximate surface area is 87.3 Å². The van der Waals surface area contributed by atoms with Crippen LogP contribution in [-0.4, -0.2) is 10.6 Å². The maximum atomic E-state index is 9.77. The predicted molar refractivity (Wildman–Crippen MR) is 57.2 cm³/mol. The zero-order valence-corrected chi connectivity index (χ0v) is 9.32. The standard InChI is InChI=1S/C9H14ClNOS/c1-9(2,11)5-7(12)6-3-4-13-8(6)10/h3-4,7,12H,5,11H2,1-2H3. The van der Waals surface area contributed by atoms with Crippen molar-refractivity contribution in [1.29, 1.82) is 0 Å². The largest absolute Gasteiger partial charge is 0.388 e. The molecule has 0 radical (unpaired) electrons. The van der Waals surface area contributed by atoms with Gasteiger partial charge in [-0.1, -0.05) is 11.6 Å². The zero-order valence-electron chi connectivity index (χ0n) is 7.75. The van der Waals surface area contributed by atoms with Gasteiger partial charge in [-0.05, 0) is 31.7 Å². The molecule has 1 aromatic rings. The molecule has 0 aromatic carbocycles. The Hall–Kier alpha value is -0.0900. The monoisotopic (exact) mass is 219 g/mol. The van der Waals surface area contributed by atoms with E-state index in [0.717, 1.165) is 5.56 Å². The van der Waals surface area contributed by atoms with Crippen LogP contribution < -0.4 is 5.73 Å². The number of rotatable bonds is 3. The van der Waals surface area contributed by atoms with Crippen LogP contribution in [0.25, 0.3) is 0 Å². The molecule has 1 heterocycles. The zero-order chi connectivity index (χ0) is 10.1. The van der Waals surface area contributed by atoms with Gasteiger partial charge in [-0.2, -0.15) is 0 Å². The van der Waals surface area contributed by atoms with Crippen LogP contribution >= 0.6 is 22.9 Å². The van der Waals surface area contributed by atoms with Crippen molar-refractivity contribution in [2.24, 2.45) is 5.73 Å². The maximum absolute atomic E-state index is 9.77. The SMILES string of the molecule is CC(C)(N)CC(O)c1ccsc1Cl. The van der Waals surface area contributed by atoms with Crippen molar-refractivity contribution in [3.8, 4) is 0 Å². The summed E-state index contributed by atoms with van der Waals surface area (Å²) in [5.74, 6) is 0. The number of aliphatic hydroxyl groups is 1. The summed E-state index contributed by atoms with van der Waals surface area (Å²) in [6.45, 7) is 3.77. The molecule has 0 saturated heterocycles. The minimum Gasteiger partial charge on any atom is -0.388 e. The first-order valence-corrected chi connectivity index (χ1v) is 5.36. The first-order chi connectivity index (χ1) is 5.90. The Morgan fingerprint density at radius 2 is 2.31 bits per heavy atom. The summed E-state index contributed by atoms with van der Waals surface area (Å²) in [6, 6.07) is 1.84. The lowest BCUT2D eigenvalue weighted by molar-refractivity contribution is 0.142. The van der Waals surface area contributed by atoms with E-state index in [4.69, 9.17) is 17.3 Å². The van der Waals surface area contributed by atoms with Gasteiger partial charge in [0.05, 0.1) is 10.4 Å². The highest BCUT2D eigenvalue weighted by Crippen LogP contribution is 2.31. The number of halogens is 1. The smallest absolute Gasteiger partial charge is 0.0986 e. The van der Waals surface area contributed by atoms with Crippen LogP contribution in [0.15, 0.2) is 11.4 Å². The molecule has 0 aliphatic heterocycles. The van der Waals surface area contributed by atoms with E-state index < -0.39 is 6.10 Å². The van der Waals surface area contributed by atoms with E-state index in [1.165, 1.54) is 11.3 Å². The molecule has 4 heteroatoms. The lowest BCUT2D eigenvalue weighted by Gasteiger charge is -2.22. The fourth-order valence-electron chi connectivity index (χ4n) is 1.15. The van der Waals surface area contributed by atoms with Crippen LogP contribution in [0.4, 0.5) is 0 Å². The highest BCUT2D eigenvalue weighted by Gasteiger charge is 2.20. The van der Waals surface area contributed by atoms with Crippen molar-refractivity contribution in [3.63, 3.8) is 0 Å². The van der Waals surface area contributed by atoms with Crippen molar-refractivity contribution in [1.82, 2.24) is 0 Å². The third kappa shape index (κ3) is 3.27. The van der Waals surface area contributed by atoms with Crippen molar-refractivity contribution in [2.45, 2.75) is 31.9 Å². The Morgan fingerprint density at radius 3 is 2.69 bits per heavy atom. The van der Waals surface area contributed by atoms with E-state index in [2.05, 4.69) is 0 Å². The van der Waals surface area contributed by atoms with Gasteiger partial charge in [0, 0.05) is 11.1 Å². The normalized spacial score (nSPS) is 14.5. The molecule has 13 heavy (non-hydrogen) atoms. The Balaban J connectivity index is 2.69. The van der Waals surface area contributed by atoms with E-state index in [1.54, 1.807) is 0 Å². The highest BCUT2D eigenvalue weighted by atomic mass is 35.5. The molecule has 0 amide bonds. The molecule has 2 nitrogen and oxygen atoms in total. The molecule has 0 saturated carbocycles. The Morgan fingerprint density at radius 1 is 1.69 bits per heavy atom. The van der Waals surface area contributed by atoms with Gasteiger partial charge in [0.2, 0.25) is 0 Å². The topological polar surface area (TPSA) is 46.2 Å². The maximum Gasteiger partial charge on any atom is 0.0986 e. The molecule has 1 unspecified atom stereocenters. The molecule has 0 aliphatic rings. The van der Waals surface area contributed by atoms with E-state index >= 15 is 0 Å². The lowest BCUT2D eigenvalue weighted by atomic mass is 9.95. The van der Waals surface area contributed by atoms with Gasteiger partial charge < -0.3 is 10.8 Å². The van der Waals surface area contributed by atoms with Gasteiger partial charge in [-0.15, -0.1) is 11.3 Å². The number of thiophene rings is 1. The molecule has 1 aromatic heterocycles. The first-order valence-electron chi connectivity index (χ1n) is 4.10. The van der Waals surface area contributed by atoms with Crippen molar-refractivity contribution < 1.29 is 5.11 Å². The van der Waals surface area contributed by atoms with E-state index in [0.29, 0.717) is 10.8 Å². The van der Waals surface area contributed by atoms with Gasteiger partial charge in [-0.25, -0.2) is 0 Å². The molecule has 0 spiro atoms. The van der Waals surface area contributed by atoms with Gasteiger partial charge in [-0.3, -0.25) is 0 Å². The number of aliphatic hydroxyl groups excluding tert-OH is 1. The fourth-order valence-corrected chi connectivity index (χ4v) is 2.17. The van der Waals surface area contributed by atoms with Crippen LogP contribution in [0.5, 0.6) is 0 Å². The lowest BCUT2D eigenvalue weighted by Crippen LogP contribution is -2.33. The second-order valence-corrected chi connectivity index (χ2v) is 5.38. The minimum absolute atomic E-state index is 0.370. The Kier molecular flexibility index (Phi) is 3.35. The predicted octanol–water partition coefficient (Wildman–Crippen LogP) is 2.56. The van der Waals surface area contributed by atoms with Crippen LogP contribution in [0.1, 0.15) is 31.9 Å². The molecule has 0 aliphatic carbocycles. The van der Waals surface area contributed by atoms with Crippen LogP contribution in [0, 0.1) is 0 Å². The number of hydrogen-bond acceptors (Lipinski definition) is 3. The van der Waals surface area contributed by atoms with Gasteiger partial charge in [0.15, 0.2) is 0 Å². The summed E-state index contributed by atoms with van der Waals surface area (Å²) < 4.78 is 0.650. The molecule has 3 N–H and O–H groups in total. The molecule has 1 rings (SSSR count). The number of nitrogens with two attached hydrogens (primary N) is 1. The van der Waals surface area contributed by atoms with Crippen molar-refractivity contribution >= 4 is 22.9 Å². The van der Waals surface area contributed by atoms with E-state index in [1.807, 2.05) is 25.3 Å². The molecular formula is C9H14ClNOS. The van der Waals surface area contributed by atoms with E-state index in [9.17, 15) is 5.11 Å². The third-order valence-electron chi connectivity index (χ3n) is 1.72. The molecule has 74 valence electrons. The molecule has 0 fully saturated rings. The van der Waals surface area contributed by atoms with Crippen LogP contribution in [0.3, 0.4) is 0 Å². The summed E-state index contributed by atoms with van der Waals surface area (Å²) >= 11 is 7.30. The average Bonchev–Trinajstić information content (AvgIpc) is 2.30. The van der Waals surface area contributed by atoms with Crippen molar-refractivity contribution in [3.05, 3.63) is 21.3 Å². The summed E-state index contributed by atoms with van der Waals surface area (Å²) in [7, 11) is 0. The molecule has 1 atom stereocenters. The minimum atomic E-state index is -0.557. The Bertz CT molecular complexity index is 279. The van der Waals surface area contributed by atoms with Gasteiger partial charge in [0.1, 0.15) is 0 Å². The average molecular weight is 220 g/mol. The second kappa shape index (κ2) is 3.96.